The Morgan fingerprint density at radius 1 is 1.40 bits per heavy atom. The van der Waals surface area contributed by atoms with Gasteiger partial charge in [-0.2, -0.15) is 5.26 Å². The Kier molecular flexibility index (Phi) is 3.80. The van der Waals surface area contributed by atoms with E-state index < -0.39 is 0 Å². The standard InChI is InChI=1S/C16H17N3O/c17-11-14(19-13-4-5-13)7-9-20-15-6-3-12-2-1-8-18-16(12)10-15/h1-3,6,8,10,13-14,19H,4-5,7,9H2. The SMILES string of the molecule is N#CC(CCOc1ccc2cccnc2c1)NC1CC1. The zero-order valence-electron chi connectivity index (χ0n) is 11.2. The molecular formula is C16H17N3O. The Morgan fingerprint density at radius 3 is 3.10 bits per heavy atom. The van der Waals surface area contributed by atoms with E-state index in [1.807, 2.05) is 30.3 Å². The first-order chi connectivity index (χ1) is 9.85. The molecular weight excluding hydrogens is 250 g/mol. The molecule has 4 nitrogen and oxygen atoms in total. The number of nitrogens with zero attached hydrogens (tertiary/aromatic N) is 2. The van der Waals surface area contributed by atoms with Crippen LogP contribution in [0.1, 0.15) is 19.3 Å². The molecule has 1 fully saturated rings. The summed E-state index contributed by atoms with van der Waals surface area (Å²) in [5.74, 6) is 0.805. The van der Waals surface area contributed by atoms with Gasteiger partial charge in [0.1, 0.15) is 5.75 Å². The maximum Gasteiger partial charge on any atom is 0.121 e. The van der Waals surface area contributed by atoms with Gasteiger partial charge in [0.05, 0.1) is 24.2 Å². The van der Waals surface area contributed by atoms with Crippen LogP contribution in [0.3, 0.4) is 0 Å². The van der Waals surface area contributed by atoms with Crippen molar-refractivity contribution in [3.05, 3.63) is 36.5 Å². The van der Waals surface area contributed by atoms with Crippen LogP contribution in [0.4, 0.5) is 0 Å². The van der Waals surface area contributed by atoms with E-state index in [4.69, 9.17) is 10.00 Å². The summed E-state index contributed by atoms with van der Waals surface area (Å²) in [6, 6.07) is 12.5. The van der Waals surface area contributed by atoms with Crippen LogP contribution in [-0.4, -0.2) is 23.7 Å². The number of rotatable bonds is 6. The number of benzene rings is 1. The summed E-state index contributed by atoms with van der Waals surface area (Å²) in [4.78, 5) is 4.30. The summed E-state index contributed by atoms with van der Waals surface area (Å²) in [7, 11) is 0. The maximum absolute atomic E-state index is 9.06. The minimum absolute atomic E-state index is 0.110. The van der Waals surface area contributed by atoms with Gasteiger partial charge in [0.15, 0.2) is 0 Å². The number of hydrogen-bond acceptors (Lipinski definition) is 4. The van der Waals surface area contributed by atoms with Crippen molar-refractivity contribution in [1.82, 2.24) is 10.3 Å². The van der Waals surface area contributed by atoms with Gasteiger partial charge in [0.2, 0.25) is 0 Å². The summed E-state index contributed by atoms with van der Waals surface area (Å²) in [6.45, 7) is 0.538. The van der Waals surface area contributed by atoms with Crippen LogP contribution in [0, 0.1) is 11.3 Å². The lowest BCUT2D eigenvalue weighted by molar-refractivity contribution is 0.297. The molecule has 1 saturated carbocycles. The first-order valence-corrected chi connectivity index (χ1v) is 6.98. The maximum atomic E-state index is 9.06. The van der Waals surface area contributed by atoms with Crippen molar-refractivity contribution in [2.75, 3.05) is 6.61 Å². The predicted octanol–water partition coefficient (Wildman–Crippen LogP) is 2.65. The smallest absolute Gasteiger partial charge is 0.121 e. The molecule has 0 amide bonds. The van der Waals surface area contributed by atoms with E-state index in [2.05, 4.69) is 16.4 Å². The fourth-order valence-electron chi connectivity index (χ4n) is 2.15. The number of fused-ring (bicyclic) bond motifs is 1. The summed E-state index contributed by atoms with van der Waals surface area (Å²) in [6.07, 6.45) is 4.86. The first-order valence-electron chi connectivity index (χ1n) is 6.98. The van der Waals surface area contributed by atoms with Crippen LogP contribution >= 0.6 is 0 Å². The lowest BCUT2D eigenvalue weighted by Crippen LogP contribution is -2.31. The molecule has 1 N–H and O–H groups in total. The molecule has 3 rings (SSSR count). The molecule has 20 heavy (non-hydrogen) atoms. The molecule has 1 aromatic carbocycles. The van der Waals surface area contributed by atoms with Crippen molar-refractivity contribution in [3.63, 3.8) is 0 Å². The molecule has 0 bridgehead atoms. The van der Waals surface area contributed by atoms with Crippen molar-refractivity contribution in [2.45, 2.75) is 31.3 Å². The van der Waals surface area contributed by atoms with E-state index in [0.717, 1.165) is 16.7 Å². The van der Waals surface area contributed by atoms with Crippen molar-refractivity contribution in [2.24, 2.45) is 0 Å². The van der Waals surface area contributed by atoms with E-state index in [0.29, 0.717) is 19.1 Å². The molecule has 1 aliphatic carbocycles. The quantitative estimate of drug-likeness (QED) is 0.874. The third-order valence-corrected chi connectivity index (χ3v) is 3.42. The molecule has 102 valence electrons. The number of nitriles is 1. The highest BCUT2D eigenvalue weighted by atomic mass is 16.5. The third kappa shape index (κ3) is 3.25. The van der Waals surface area contributed by atoms with Crippen LogP contribution in [-0.2, 0) is 0 Å². The second-order valence-corrected chi connectivity index (χ2v) is 5.12. The predicted molar refractivity (Wildman–Crippen MR) is 77.4 cm³/mol. The van der Waals surface area contributed by atoms with E-state index in [-0.39, 0.29) is 6.04 Å². The first kappa shape index (κ1) is 12.9. The minimum Gasteiger partial charge on any atom is -0.493 e. The Labute approximate surface area is 118 Å². The van der Waals surface area contributed by atoms with Crippen molar-refractivity contribution < 1.29 is 4.74 Å². The molecule has 1 heterocycles. The molecule has 0 radical (unpaired) electrons. The monoisotopic (exact) mass is 267 g/mol. The number of pyridine rings is 1. The average molecular weight is 267 g/mol. The minimum atomic E-state index is -0.110. The largest absolute Gasteiger partial charge is 0.493 e. The summed E-state index contributed by atoms with van der Waals surface area (Å²) < 4.78 is 5.72. The average Bonchev–Trinajstić information content (AvgIpc) is 3.30. The number of ether oxygens (including phenoxy) is 1. The molecule has 4 heteroatoms. The molecule has 1 aliphatic rings. The fourth-order valence-corrected chi connectivity index (χ4v) is 2.15. The van der Waals surface area contributed by atoms with Gasteiger partial charge >= 0.3 is 0 Å². The zero-order valence-corrected chi connectivity index (χ0v) is 11.2. The van der Waals surface area contributed by atoms with Crippen LogP contribution in [0.5, 0.6) is 5.75 Å². The van der Waals surface area contributed by atoms with Gasteiger partial charge in [0, 0.05) is 30.1 Å². The van der Waals surface area contributed by atoms with Crippen LogP contribution in [0.2, 0.25) is 0 Å². The zero-order chi connectivity index (χ0) is 13.8. The Balaban J connectivity index is 1.55. The summed E-state index contributed by atoms with van der Waals surface area (Å²) in [5.41, 5.74) is 0.929. The number of hydrogen-bond donors (Lipinski definition) is 1. The molecule has 1 aromatic heterocycles. The molecule has 1 atom stereocenters. The second kappa shape index (κ2) is 5.89. The van der Waals surface area contributed by atoms with Crippen molar-refractivity contribution in [1.29, 1.82) is 5.26 Å². The van der Waals surface area contributed by atoms with Crippen LogP contribution < -0.4 is 10.1 Å². The summed E-state index contributed by atoms with van der Waals surface area (Å²) in [5, 5.41) is 13.5. The van der Waals surface area contributed by atoms with Gasteiger partial charge in [-0.25, -0.2) is 0 Å². The third-order valence-electron chi connectivity index (χ3n) is 3.42. The highest BCUT2D eigenvalue weighted by molar-refractivity contribution is 5.79. The van der Waals surface area contributed by atoms with Gasteiger partial charge in [-0.3, -0.25) is 10.3 Å². The lowest BCUT2D eigenvalue weighted by Gasteiger charge is -2.11. The Bertz CT molecular complexity index is 631. The van der Waals surface area contributed by atoms with Crippen LogP contribution in [0.25, 0.3) is 10.9 Å². The molecule has 2 aromatic rings. The van der Waals surface area contributed by atoms with Gasteiger partial charge in [-0.1, -0.05) is 6.07 Å². The molecule has 0 saturated heterocycles. The molecule has 1 unspecified atom stereocenters. The van der Waals surface area contributed by atoms with E-state index in [1.54, 1.807) is 6.20 Å². The van der Waals surface area contributed by atoms with Crippen LogP contribution in [0.15, 0.2) is 36.5 Å². The van der Waals surface area contributed by atoms with Crippen molar-refractivity contribution in [3.8, 4) is 11.8 Å². The highest BCUT2D eigenvalue weighted by Gasteiger charge is 2.24. The van der Waals surface area contributed by atoms with E-state index >= 15 is 0 Å². The highest BCUT2D eigenvalue weighted by Crippen LogP contribution is 2.21. The van der Waals surface area contributed by atoms with Crippen molar-refractivity contribution >= 4 is 10.9 Å². The Hall–Kier alpha value is -2.12. The van der Waals surface area contributed by atoms with Gasteiger partial charge in [-0.15, -0.1) is 0 Å². The molecule has 0 aliphatic heterocycles. The van der Waals surface area contributed by atoms with Gasteiger partial charge < -0.3 is 4.74 Å². The fraction of sp³-hybridized carbons (Fsp3) is 0.375. The van der Waals surface area contributed by atoms with Gasteiger partial charge in [-0.05, 0) is 31.0 Å². The molecule has 0 spiro atoms. The van der Waals surface area contributed by atoms with E-state index in [9.17, 15) is 0 Å². The van der Waals surface area contributed by atoms with Gasteiger partial charge in [0.25, 0.3) is 0 Å². The topological polar surface area (TPSA) is 57.9 Å². The lowest BCUT2D eigenvalue weighted by atomic mass is 10.2. The summed E-state index contributed by atoms with van der Waals surface area (Å²) >= 11 is 0. The normalized spacial score (nSPS) is 15.8. The Morgan fingerprint density at radius 2 is 2.30 bits per heavy atom. The van der Waals surface area contributed by atoms with E-state index in [1.165, 1.54) is 12.8 Å². The number of nitrogens with one attached hydrogen (secondary N) is 1. The second-order valence-electron chi connectivity index (χ2n) is 5.12. The number of aromatic nitrogens is 1.